The van der Waals surface area contributed by atoms with Gasteiger partial charge in [0.25, 0.3) is 0 Å². The predicted molar refractivity (Wildman–Crippen MR) is 70.1 cm³/mol. The van der Waals surface area contributed by atoms with Crippen molar-refractivity contribution in [3.05, 3.63) is 34.3 Å². The molecule has 98 valence electrons. The predicted octanol–water partition coefficient (Wildman–Crippen LogP) is 0.961. The highest BCUT2D eigenvalue weighted by Gasteiger charge is 2.36. The number of sulfone groups is 1. The summed E-state index contributed by atoms with van der Waals surface area (Å²) >= 11 is 3.34. The lowest BCUT2D eigenvalue weighted by Gasteiger charge is -2.29. The van der Waals surface area contributed by atoms with Crippen molar-refractivity contribution in [1.29, 1.82) is 0 Å². The highest BCUT2D eigenvalue weighted by Crippen LogP contribution is 2.27. The maximum Gasteiger partial charge on any atom is 0.321 e. The first-order chi connectivity index (χ1) is 8.39. The Morgan fingerprint density at radius 2 is 2.00 bits per heavy atom. The highest BCUT2D eigenvalue weighted by atomic mass is 79.9. The van der Waals surface area contributed by atoms with Crippen LogP contribution in [0.25, 0.3) is 0 Å². The second kappa shape index (κ2) is 4.99. The number of rotatable bonds is 2. The summed E-state index contributed by atoms with van der Waals surface area (Å²) in [6, 6.07) is 5.63. The minimum atomic E-state index is -3.36. The number of nitrogens with one attached hydrogen (secondary N) is 1. The van der Waals surface area contributed by atoms with Gasteiger partial charge in [0.15, 0.2) is 9.84 Å². The van der Waals surface area contributed by atoms with Gasteiger partial charge in [-0.2, -0.15) is 0 Å². The Labute approximate surface area is 113 Å². The molecule has 0 aromatic heterocycles. The molecule has 1 aliphatic rings. The summed E-state index contributed by atoms with van der Waals surface area (Å²) in [5.41, 5.74) is 0.757. The van der Waals surface area contributed by atoms with E-state index in [0.717, 1.165) is 10.0 Å². The van der Waals surface area contributed by atoms with Gasteiger partial charge in [-0.25, -0.2) is 8.42 Å². The molecule has 18 heavy (non-hydrogen) atoms. The van der Waals surface area contributed by atoms with E-state index in [1.165, 1.54) is 0 Å². The van der Waals surface area contributed by atoms with Crippen LogP contribution >= 0.6 is 15.9 Å². The molecule has 2 N–H and O–H groups in total. The van der Waals surface area contributed by atoms with Gasteiger partial charge in [-0.1, -0.05) is 34.1 Å². The van der Waals surface area contributed by atoms with E-state index in [9.17, 15) is 13.2 Å². The molecular formula is C11H12BrNO4S. The normalized spacial score (nSPS) is 26.7. The van der Waals surface area contributed by atoms with Crippen LogP contribution in [0.2, 0.25) is 0 Å². The van der Waals surface area contributed by atoms with Crippen molar-refractivity contribution in [3.63, 3.8) is 0 Å². The van der Waals surface area contributed by atoms with Crippen LogP contribution in [0.15, 0.2) is 28.7 Å². The quantitative estimate of drug-likeness (QED) is 0.842. The first-order valence-corrected chi connectivity index (χ1v) is 7.94. The second-order valence-corrected chi connectivity index (χ2v) is 7.22. The molecular weight excluding hydrogens is 322 g/mol. The molecule has 1 fully saturated rings. The Bertz CT molecular complexity index is 572. The molecule has 2 atom stereocenters. The van der Waals surface area contributed by atoms with E-state index in [1.54, 1.807) is 18.2 Å². The topological polar surface area (TPSA) is 83.5 Å². The summed E-state index contributed by atoms with van der Waals surface area (Å²) in [6.07, 6.45) is 0. The third-order valence-corrected chi connectivity index (χ3v) is 5.23. The van der Waals surface area contributed by atoms with E-state index >= 15 is 0 Å². The molecule has 7 heteroatoms. The largest absolute Gasteiger partial charge is 0.480 e. The van der Waals surface area contributed by atoms with Gasteiger partial charge in [-0.15, -0.1) is 0 Å². The summed E-state index contributed by atoms with van der Waals surface area (Å²) in [5.74, 6) is -1.59. The second-order valence-electron chi connectivity index (χ2n) is 4.21. The summed E-state index contributed by atoms with van der Waals surface area (Å²) in [5, 5.41) is 11.8. The van der Waals surface area contributed by atoms with Crippen LogP contribution in [0, 0.1) is 0 Å². The van der Waals surface area contributed by atoms with Gasteiger partial charge in [0, 0.05) is 10.5 Å². The number of aliphatic carboxylic acids is 1. The van der Waals surface area contributed by atoms with E-state index < -0.39 is 27.9 Å². The molecule has 1 aromatic rings. The van der Waals surface area contributed by atoms with Gasteiger partial charge in [-0.3, -0.25) is 10.1 Å². The Kier molecular flexibility index (Phi) is 3.74. The molecule has 0 bridgehead atoms. The van der Waals surface area contributed by atoms with E-state index in [-0.39, 0.29) is 11.5 Å². The molecule has 2 unspecified atom stereocenters. The maximum atomic E-state index is 11.7. The lowest BCUT2D eigenvalue weighted by Crippen LogP contribution is -2.51. The number of carboxylic acids is 1. The molecule has 0 spiro atoms. The fourth-order valence-corrected chi connectivity index (χ4v) is 4.22. The van der Waals surface area contributed by atoms with Crippen molar-refractivity contribution in [2.45, 2.75) is 12.1 Å². The van der Waals surface area contributed by atoms with E-state index in [4.69, 9.17) is 5.11 Å². The summed E-state index contributed by atoms with van der Waals surface area (Å²) in [6.45, 7) is 0. The fourth-order valence-electron chi connectivity index (χ4n) is 1.99. The van der Waals surface area contributed by atoms with Crippen LogP contribution in [0.4, 0.5) is 0 Å². The number of benzene rings is 1. The molecule has 2 rings (SSSR count). The van der Waals surface area contributed by atoms with Crippen LogP contribution < -0.4 is 5.32 Å². The molecule has 1 aromatic carbocycles. The monoisotopic (exact) mass is 333 g/mol. The lowest BCUT2D eigenvalue weighted by molar-refractivity contribution is -0.139. The van der Waals surface area contributed by atoms with Crippen LogP contribution in [-0.4, -0.2) is 37.0 Å². The summed E-state index contributed by atoms with van der Waals surface area (Å²) in [7, 11) is -3.36. The maximum absolute atomic E-state index is 11.7. The minimum absolute atomic E-state index is 0.0839. The van der Waals surface area contributed by atoms with Gasteiger partial charge in [0.2, 0.25) is 0 Å². The van der Waals surface area contributed by atoms with Crippen molar-refractivity contribution in [2.24, 2.45) is 0 Å². The number of halogens is 1. The molecule has 1 aliphatic heterocycles. The minimum Gasteiger partial charge on any atom is -0.480 e. The van der Waals surface area contributed by atoms with Crippen molar-refractivity contribution in [2.75, 3.05) is 11.5 Å². The van der Waals surface area contributed by atoms with Gasteiger partial charge < -0.3 is 5.11 Å². The molecule has 5 nitrogen and oxygen atoms in total. The van der Waals surface area contributed by atoms with E-state index in [1.807, 2.05) is 6.07 Å². The average molecular weight is 334 g/mol. The highest BCUT2D eigenvalue weighted by molar-refractivity contribution is 9.10. The molecule has 1 saturated heterocycles. The first kappa shape index (κ1) is 13.5. The first-order valence-electron chi connectivity index (χ1n) is 5.33. The lowest BCUT2D eigenvalue weighted by atomic mass is 10.1. The van der Waals surface area contributed by atoms with Crippen LogP contribution in [0.1, 0.15) is 11.6 Å². The molecule has 0 aliphatic carbocycles. The Balaban J connectivity index is 2.34. The molecule has 0 saturated carbocycles. The number of hydrogen-bond donors (Lipinski definition) is 2. The fraction of sp³-hybridized carbons (Fsp3) is 0.364. The van der Waals surface area contributed by atoms with Crippen LogP contribution in [0.3, 0.4) is 0 Å². The SMILES string of the molecule is O=C(O)C1CS(=O)(=O)CC(c2ccccc2Br)N1. The standard InChI is InChI=1S/C11H12BrNO4S/c12-8-4-2-1-3-7(8)9-5-18(16,17)6-10(13-9)11(14)15/h1-4,9-10,13H,5-6H2,(H,14,15). The number of carbonyl (C=O) groups is 1. The Morgan fingerprint density at radius 1 is 1.33 bits per heavy atom. The van der Waals surface area contributed by atoms with Gasteiger partial charge >= 0.3 is 5.97 Å². The zero-order chi connectivity index (χ0) is 13.3. The zero-order valence-corrected chi connectivity index (χ0v) is 11.7. The van der Waals surface area contributed by atoms with Gasteiger partial charge in [0.1, 0.15) is 6.04 Å². The molecule has 0 radical (unpaired) electrons. The smallest absolute Gasteiger partial charge is 0.321 e. The Morgan fingerprint density at radius 3 is 2.61 bits per heavy atom. The summed E-state index contributed by atoms with van der Waals surface area (Å²) < 4.78 is 24.3. The number of carboxylic acid groups (broad SMARTS) is 1. The molecule has 0 amide bonds. The average Bonchev–Trinajstić information content (AvgIpc) is 2.27. The zero-order valence-electron chi connectivity index (χ0n) is 9.34. The van der Waals surface area contributed by atoms with Crippen molar-refractivity contribution >= 4 is 31.7 Å². The van der Waals surface area contributed by atoms with Crippen molar-refractivity contribution < 1.29 is 18.3 Å². The summed E-state index contributed by atoms with van der Waals surface area (Å²) in [4.78, 5) is 11.0. The number of hydrogen-bond acceptors (Lipinski definition) is 4. The van der Waals surface area contributed by atoms with Crippen molar-refractivity contribution in [3.8, 4) is 0 Å². The third kappa shape index (κ3) is 2.90. The third-order valence-electron chi connectivity index (χ3n) is 2.82. The van der Waals surface area contributed by atoms with Crippen LogP contribution in [-0.2, 0) is 14.6 Å². The van der Waals surface area contributed by atoms with E-state index in [0.29, 0.717) is 0 Å². The Hall–Kier alpha value is -0.920. The van der Waals surface area contributed by atoms with Gasteiger partial charge in [-0.05, 0) is 11.6 Å². The molecule has 1 heterocycles. The van der Waals surface area contributed by atoms with Gasteiger partial charge in [0.05, 0.1) is 11.5 Å². The van der Waals surface area contributed by atoms with Crippen LogP contribution in [0.5, 0.6) is 0 Å². The van der Waals surface area contributed by atoms with Crippen molar-refractivity contribution in [1.82, 2.24) is 5.32 Å². The van der Waals surface area contributed by atoms with E-state index in [2.05, 4.69) is 21.2 Å².